The molecule has 2 aromatic rings. The number of methoxy groups -OCH3 is 1. The number of hydrogen-bond donors (Lipinski definition) is 1. The summed E-state index contributed by atoms with van der Waals surface area (Å²) in [5.74, 6) is -0.935. The number of halogens is 2. The molecule has 0 radical (unpaired) electrons. The van der Waals surface area contributed by atoms with E-state index in [1.807, 2.05) is 0 Å². The third-order valence-electron chi connectivity index (χ3n) is 2.25. The van der Waals surface area contributed by atoms with Crippen LogP contribution in [0.2, 0.25) is 10.0 Å². The highest BCUT2D eigenvalue weighted by molar-refractivity contribution is 6.35. The largest absolute Gasteiger partial charge is 0.480 e. The van der Waals surface area contributed by atoms with Gasteiger partial charge in [-0.1, -0.05) is 23.2 Å². The maximum Gasteiger partial charge on any atom is 0.354 e. The molecule has 0 amide bonds. The second-order valence-electron chi connectivity index (χ2n) is 3.38. The van der Waals surface area contributed by atoms with Crippen molar-refractivity contribution < 1.29 is 14.6 Å². The zero-order valence-electron chi connectivity index (χ0n) is 9.22. The Bertz CT molecular complexity index is 610. The van der Waals surface area contributed by atoms with Gasteiger partial charge < -0.3 is 9.84 Å². The highest BCUT2D eigenvalue weighted by atomic mass is 35.5. The summed E-state index contributed by atoms with van der Waals surface area (Å²) in [7, 11) is 1.40. The van der Waals surface area contributed by atoms with Crippen LogP contribution in [0.3, 0.4) is 0 Å². The Morgan fingerprint density at radius 1 is 1.39 bits per heavy atom. The van der Waals surface area contributed by atoms with Gasteiger partial charge in [-0.15, -0.1) is 5.10 Å². The van der Waals surface area contributed by atoms with Crippen LogP contribution in [0.5, 0.6) is 5.88 Å². The molecular formula is C11H8Cl2N2O3. The van der Waals surface area contributed by atoms with Gasteiger partial charge in [0.25, 0.3) is 0 Å². The van der Waals surface area contributed by atoms with Gasteiger partial charge in [0.2, 0.25) is 5.88 Å². The molecule has 0 bridgehead atoms. The quantitative estimate of drug-likeness (QED) is 0.942. The second-order valence-corrected chi connectivity index (χ2v) is 4.23. The summed E-state index contributed by atoms with van der Waals surface area (Å²) < 4.78 is 6.10. The van der Waals surface area contributed by atoms with Gasteiger partial charge in [-0.05, 0) is 18.2 Å². The lowest BCUT2D eigenvalue weighted by Crippen LogP contribution is -2.08. The number of aromatic nitrogens is 2. The fraction of sp³-hybridized carbons (Fsp3) is 0.0909. The monoisotopic (exact) mass is 286 g/mol. The zero-order valence-corrected chi connectivity index (χ0v) is 10.7. The minimum atomic E-state index is -1.13. The Morgan fingerprint density at radius 3 is 2.67 bits per heavy atom. The minimum absolute atomic E-state index is 0.0453. The lowest BCUT2D eigenvalue weighted by Gasteiger charge is -2.06. The van der Waals surface area contributed by atoms with Gasteiger partial charge in [0.1, 0.15) is 0 Å². The van der Waals surface area contributed by atoms with Crippen molar-refractivity contribution in [3.05, 3.63) is 40.0 Å². The molecule has 1 heterocycles. The number of rotatable bonds is 3. The lowest BCUT2D eigenvalue weighted by molar-refractivity contribution is 0.0687. The summed E-state index contributed by atoms with van der Waals surface area (Å²) >= 11 is 11.8. The van der Waals surface area contributed by atoms with Crippen molar-refractivity contribution in [1.29, 1.82) is 0 Å². The molecule has 0 saturated carbocycles. The predicted molar refractivity (Wildman–Crippen MR) is 67.1 cm³/mol. The maximum atomic E-state index is 11.1. The first-order chi connectivity index (χ1) is 8.52. The second kappa shape index (κ2) is 4.88. The van der Waals surface area contributed by atoms with Crippen molar-refractivity contribution in [1.82, 2.24) is 9.78 Å². The van der Waals surface area contributed by atoms with Gasteiger partial charge in [0, 0.05) is 11.1 Å². The molecule has 1 aromatic carbocycles. The van der Waals surface area contributed by atoms with E-state index < -0.39 is 5.97 Å². The Kier molecular flexibility index (Phi) is 3.45. The van der Waals surface area contributed by atoms with Crippen LogP contribution >= 0.6 is 23.2 Å². The number of nitrogens with zero attached hydrogens (tertiary/aromatic N) is 2. The molecule has 0 atom stereocenters. The van der Waals surface area contributed by atoms with Gasteiger partial charge in [0.15, 0.2) is 5.69 Å². The first-order valence-corrected chi connectivity index (χ1v) is 5.61. The van der Waals surface area contributed by atoms with Crippen LogP contribution in [-0.4, -0.2) is 28.0 Å². The van der Waals surface area contributed by atoms with E-state index in [1.165, 1.54) is 23.9 Å². The van der Waals surface area contributed by atoms with Gasteiger partial charge in [-0.2, -0.15) is 0 Å². The van der Waals surface area contributed by atoms with Crippen LogP contribution in [0.1, 0.15) is 10.5 Å². The molecule has 0 saturated heterocycles. The van der Waals surface area contributed by atoms with E-state index in [0.717, 1.165) is 0 Å². The van der Waals surface area contributed by atoms with Gasteiger partial charge in [-0.3, -0.25) is 0 Å². The summed E-state index contributed by atoms with van der Waals surface area (Å²) in [5, 5.41) is 13.9. The van der Waals surface area contributed by atoms with Crippen molar-refractivity contribution in [3.63, 3.8) is 0 Å². The number of carboxylic acid groups (broad SMARTS) is 1. The van der Waals surface area contributed by atoms with Crippen molar-refractivity contribution in [2.45, 2.75) is 0 Å². The molecule has 1 aromatic heterocycles. The zero-order chi connectivity index (χ0) is 13.3. The molecule has 0 aliphatic rings. The molecule has 1 N–H and O–H groups in total. The lowest BCUT2D eigenvalue weighted by atomic mass is 10.3. The molecule has 94 valence electrons. The highest BCUT2D eigenvalue weighted by Crippen LogP contribution is 2.26. The van der Waals surface area contributed by atoms with Gasteiger partial charge in [0.05, 0.1) is 17.8 Å². The summed E-state index contributed by atoms with van der Waals surface area (Å²) in [6, 6.07) is 6.01. The molecule has 5 nitrogen and oxygen atoms in total. The van der Waals surface area contributed by atoms with Crippen LogP contribution in [0, 0.1) is 0 Å². The summed E-state index contributed by atoms with van der Waals surface area (Å²) in [4.78, 5) is 11.1. The molecule has 18 heavy (non-hydrogen) atoms. The van der Waals surface area contributed by atoms with Crippen LogP contribution in [-0.2, 0) is 0 Å². The van der Waals surface area contributed by atoms with Crippen LogP contribution in [0.15, 0.2) is 24.3 Å². The first-order valence-electron chi connectivity index (χ1n) is 4.85. The standard InChI is InChI=1S/C11H8Cl2N2O3/c1-18-10-5-9(11(16)17)15(14-10)8-3-2-6(12)4-7(8)13/h2-5H,1H3,(H,16,17). The van der Waals surface area contributed by atoms with Crippen LogP contribution in [0.4, 0.5) is 0 Å². The van der Waals surface area contributed by atoms with Crippen molar-refractivity contribution in [3.8, 4) is 11.6 Å². The van der Waals surface area contributed by atoms with E-state index in [-0.39, 0.29) is 11.6 Å². The number of carboxylic acids is 1. The predicted octanol–water partition coefficient (Wildman–Crippen LogP) is 2.89. The molecule has 2 rings (SSSR count). The Hall–Kier alpha value is -1.72. The Morgan fingerprint density at radius 2 is 2.11 bits per heavy atom. The van der Waals surface area contributed by atoms with E-state index in [2.05, 4.69) is 5.10 Å². The highest BCUT2D eigenvalue weighted by Gasteiger charge is 2.17. The first kappa shape index (κ1) is 12.7. The van der Waals surface area contributed by atoms with Crippen molar-refractivity contribution in [2.24, 2.45) is 0 Å². The van der Waals surface area contributed by atoms with Gasteiger partial charge in [-0.25, -0.2) is 9.48 Å². The number of hydrogen-bond acceptors (Lipinski definition) is 3. The molecule has 0 fully saturated rings. The molecule has 0 unspecified atom stereocenters. The van der Waals surface area contributed by atoms with Crippen LogP contribution < -0.4 is 4.74 Å². The average molecular weight is 287 g/mol. The molecule has 0 spiro atoms. The topological polar surface area (TPSA) is 64.3 Å². The van der Waals surface area contributed by atoms with Crippen molar-refractivity contribution in [2.75, 3.05) is 7.11 Å². The number of benzene rings is 1. The Balaban J connectivity index is 2.62. The van der Waals surface area contributed by atoms with E-state index in [1.54, 1.807) is 12.1 Å². The van der Waals surface area contributed by atoms with E-state index in [0.29, 0.717) is 15.7 Å². The third-order valence-corrected chi connectivity index (χ3v) is 2.79. The average Bonchev–Trinajstić information content (AvgIpc) is 2.73. The van der Waals surface area contributed by atoms with Crippen LogP contribution in [0.25, 0.3) is 5.69 Å². The molecule has 7 heteroatoms. The summed E-state index contributed by atoms with van der Waals surface area (Å²) in [6.07, 6.45) is 0. The molecular weight excluding hydrogens is 279 g/mol. The number of aromatic carboxylic acids is 1. The smallest absolute Gasteiger partial charge is 0.354 e. The Labute approximate surface area is 113 Å². The number of ether oxygens (including phenoxy) is 1. The summed E-state index contributed by atoms with van der Waals surface area (Å²) in [5.41, 5.74) is 0.373. The summed E-state index contributed by atoms with van der Waals surface area (Å²) in [6.45, 7) is 0. The van der Waals surface area contributed by atoms with E-state index >= 15 is 0 Å². The number of carbonyl (C=O) groups is 1. The third kappa shape index (κ3) is 2.27. The molecule has 0 aliphatic carbocycles. The van der Waals surface area contributed by atoms with E-state index in [4.69, 9.17) is 33.0 Å². The SMILES string of the molecule is COc1cc(C(=O)O)n(-c2ccc(Cl)cc2Cl)n1. The van der Waals surface area contributed by atoms with Crippen molar-refractivity contribution >= 4 is 29.2 Å². The fourth-order valence-corrected chi connectivity index (χ4v) is 1.94. The normalized spacial score (nSPS) is 10.4. The van der Waals surface area contributed by atoms with E-state index in [9.17, 15) is 4.79 Å². The molecule has 0 aliphatic heterocycles. The maximum absolute atomic E-state index is 11.1. The fourth-order valence-electron chi connectivity index (χ4n) is 1.45. The minimum Gasteiger partial charge on any atom is -0.480 e. The van der Waals surface area contributed by atoms with Gasteiger partial charge >= 0.3 is 5.97 Å².